The molecule has 0 saturated carbocycles. The first-order valence-electron chi connectivity index (χ1n) is 12.6. The Labute approximate surface area is 232 Å². The number of carbonyl (C=O) groups is 1. The largest absolute Gasteiger partial charge is 0.338 e. The lowest BCUT2D eigenvalue weighted by Gasteiger charge is -2.42. The molecule has 0 radical (unpaired) electrons. The smallest absolute Gasteiger partial charge is 0.325 e. The van der Waals surface area contributed by atoms with Crippen molar-refractivity contribution in [3.8, 4) is 11.3 Å². The number of rotatable bonds is 4. The summed E-state index contributed by atoms with van der Waals surface area (Å²) in [5.74, 6) is 0. The monoisotopic (exact) mass is 635 g/mol. The maximum atomic E-state index is 13.0. The van der Waals surface area contributed by atoms with E-state index < -0.39 is 9.84 Å². The molecule has 2 aromatic heterocycles. The van der Waals surface area contributed by atoms with Crippen LogP contribution in [0.2, 0.25) is 0 Å². The van der Waals surface area contributed by atoms with Crippen LogP contribution in [-0.4, -0.2) is 71.4 Å². The third kappa shape index (κ3) is 4.99. The van der Waals surface area contributed by atoms with E-state index in [2.05, 4.69) is 82.5 Å². The Morgan fingerprint density at radius 2 is 1.78 bits per heavy atom. The van der Waals surface area contributed by atoms with Crippen LogP contribution in [0.1, 0.15) is 44.7 Å². The van der Waals surface area contributed by atoms with E-state index >= 15 is 0 Å². The summed E-state index contributed by atoms with van der Waals surface area (Å²) in [6, 6.07) is 8.55. The number of hydrogen-bond acceptors (Lipinski definition) is 5. The number of benzene rings is 1. The van der Waals surface area contributed by atoms with Gasteiger partial charge < -0.3 is 9.88 Å². The van der Waals surface area contributed by atoms with Crippen molar-refractivity contribution in [2.75, 3.05) is 31.3 Å². The molecule has 4 heterocycles. The molecule has 1 N–H and O–H groups in total. The van der Waals surface area contributed by atoms with E-state index in [0.717, 1.165) is 56.7 Å². The standard InChI is InChI=1S/C27H34IN5O3S/c1-27(2,3)33-16-20-21(31(4)26(33)34)14-29-25-22(20)23(28)24(30-25)18-8-6-17(7-9-18)15-32-12-10-19(11-13-32)37(5,35)36/h6-9,14,19H,10-13,15-16H2,1-5H3,(H,29,30). The predicted molar refractivity (Wildman–Crippen MR) is 156 cm³/mol. The topological polar surface area (TPSA) is 89.6 Å². The van der Waals surface area contributed by atoms with Gasteiger partial charge in [-0.3, -0.25) is 9.80 Å². The molecule has 1 fully saturated rings. The van der Waals surface area contributed by atoms with E-state index in [1.807, 2.05) is 11.9 Å². The molecule has 1 aromatic carbocycles. The number of anilines is 1. The Balaban J connectivity index is 1.40. The number of likely N-dealkylation sites (tertiary alicyclic amines) is 1. The molecule has 5 rings (SSSR count). The average Bonchev–Trinajstić information content (AvgIpc) is 3.17. The van der Waals surface area contributed by atoms with E-state index in [0.29, 0.717) is 19.4 Å². The number of sulfone groups is 1. The van der Waals surface area contributed by atoms with Crippen molar-refractivity contribution in [2.45, 2.75) is 57.5 Å². The van der Waals surface area contributed by atoms with E-state index in [9.17, 15) is 13.2 Å². The Morgan fingerprint density at radius 3 is 2.38 bits per heavy atom. The molecule has 0 aliphatic carbocycles. The third-order valence-corrected chi connectivity index (χ3v) is 10.4. The minimum atomic E-state index is -2.95. The Hall–Kier alpha value is -2.18. The zero-order chi connectivity index (χ0) is 26.7. The van der Waals surface area contributed by atoms with Crippen molar-refractivity contribution in [1.82, 2.24) is 19.8 Å². The van der Waals surface area contributed by atoms with Gasteiger partial charge in [-0.2, -0.15) is 0 Å². The molecule has 10 heteroatoms. The Bertz CT molecular complexity index is 1450. The SMILES string of the molecule is CN1C(=O)N(C(C)(C)C)Cc2c1cnc1[nH]c(-c3ccc(CN4CCC(S(C)(=O)=O)CC4)cc3)c(I)c21. The highest BCUT2D eigenvalue weighted by molar-refractivity contribution is 14.1. The van der Waals surface area contributed by atoms with E-state index in [1.54, 1.807) is 11.1 Å². The number of aromatic amines is 1. The second-order valence-electron chi connectivity index (χ2n) is 11.3. The molecular formula is C27H34IN5O3S. The molecule has 8 nitrogen and oxygen atoms in total. The van der Waals surface area contributed by atoms with Crippen LogP contribution in [-0.2, 0) is 22.9 Å². The highest BCUT2D eigenvalue weighted by atomic mass is 127. The lowest BCUT2D eigenvalue weighted by atomic mass is 10.0. The highest BCUT2D eigenvalue weighted by Gasteiger charge is 2.36. The van der Waals surface area contributed by atoms with Crippen LogP contribution >= 0.6 is 22.6 Å². The number of fused-ring (bicyclic) bond motifs is 3. The normalized spacial score (nSPS) is 18.1. The number of piperidine rings is 1. The molecule has 1 saturated heterocycles. The summed E-state index contributed by atoms with van der Waals surface area (Å²) in [5, 5.41) is 0.863. The minimum Gasteiger partial charge on any atom is -0.338 e. The van der Waals surface area contributed by atoms with Crippen LogP contribution in [0.5, 0.6) is 0 Å². The first kappa shape index (κ1) is 26.4. The maximum Gasteiger partial charge on any atom is 0.325 e. The molecule has 2 aliphatic rings. The first-order valence-corrected chi connectivity index (χ1v) is 15.6. The van der Waals surface area contributed by atoms with Crippen molar-refractivity contribution in [2.24, 2.45) is 0 Å². The van der Waals surface area contributed by atoms with Crippen molar-refractivity contribution < 1.29 is 13.2 Å². The Kier molecular flexibility index (Phi) is 6.81. The Morgan fingerprint density at radius 1 is 1.14 bits per heavy atom. The number of hydrogen-bond donors (Lipinski definition) is 1. The van der Waals surface area contributed by atoms with Gasteiger partial charge >= 0.3 is 6.03 Å². The average molecular weight is 636 g/mol. The maximum absolute atomic E-state index is 13.0. The molecule has 0 bridgehead atoms. The zero-order valence-corrected chi connectivity index (χ0v) is 25.0. The second kappa shape index (κ2) is 9.53. The summed E-state index contributed by atoms with van der Waals surface area (Å²) in [6.07, 6.45) is 4.55. The van der Waals surface area contributed by atoms with Gasteiger partial charge in [-0.05, 0) is 80.4 Å². The van der Waals surface area contributed by atoms with Crippen molar-refractivity contribution in [3.63, 3.8) is 0 Å². The van der Waals surface area contributed by atoms with Gasteiger partial charge in [-0.1, -0.05) is 24.3 Å². The van der Waals surface area contributed by atoms with Crippen molar-refractivity contribution >= 4 is 55.2 Å². The molecular weight excluding hydrogens is 601 g/mol. The summed E-state index contributed by atoms with van der Waals surface area (Å²) < 4.78 is 24.8. The second-order valence-corrected chi connectivity index (χ2v) is 14.7. The van der Waals surface area contributed by atoms with Gasteiger partial charge in [0, 0.05) is 39.9 Å². The van der Waals surface area contributed by atoms with Crippen LogP contribution in [0, 0.1) is 3.57 Å². The van der Waals surface area contributed by atoms with Gasteiger partial charge in [0.05, 0.1) is 29.4 Å². The zero-order valence-electron chi connectivity index (χ0n) is 22.0. The molecule has 0 unspecified atom stereocenters. The number of urea groups is 1. The summed E-state index contributed by atoms with van der Waals surface area (Å²) >= 11 is 2.39. The van der Waals surface area contributed by atoms with E-state index in [1.165, 1.54) is 11.8 Å². The number of nitrogens with one attached hydrogen (secondary N) is 1. The van der Waals surface area contributed by atoms with Gasteiger partial charge in [-0.15, -0.1) is 0 Å². The van der Waals surface area contributed by atoms with Crippen molar-refractivity contribution in [3.05, 3.63) is 45.2 Å². The van der Waals surface area contributed by atoms with E-state index in [4.69, 9.17) is 0 Å². The van der Waals surface area contributed by atoms with Gasteiger partial charge in [0.25, 0.3) is 0 Å². The molecule has 37 heavy (non-hydrogen) atoms. The van der Waals surface area contributed by atoms with Crippen LogP contribution in [0.25, 0.3) is 22.3 Å². The number of pyridine rings is 1. The molecule has 0 spiro atoms. The van der Waals surface area contributed by atoms with Gasteiger partial charge in [0.1, 0.15) is 15.5 Å². The third-order valence-electron chi connectivity index (χ3n) is 7.64. The molecule has 0 atom stereocenters. The quantitative estimate of drug-likeness (QED) is 0.408. The molecule has 2 aliphatic heterocycles. The molecule has 198 valence electrons. The van der Waals surface area contributed by atoms with Crippen LogP contribution in [0.4, 0.5) is 10.5 Å². The highest BCUT2D eigenvalue weighted by Crippen LogP contribution is 2.40. The number of nitrogens with zero attached hydrogens (tertiary/aromatic N) is 4. The van der Waals surface area contributed by atoms with Gasteiger partial charge in [0.2, 0.25) is 0 Å². The number of halogens is 1. The first-order chi connectivity index (χ1) is 17.3. The fraction of sp³-hybridized carbons (Fsp3) is 0.481. The number of amides is 2. The van der Waals surface area contributed by atoms with Crippen molar-refractivity contribution in [1.29, 1.82) is 0 Å². The predicted octanol–water partition coefficient (Wildman–Crippen LogP) is 5.01. The van der Waals surface area contributed by atoms with Crippen LogP contribution < -0.4 is 4.90 Å². The minimum absolute atomic E-state index is 0.0111. The molecule has 2 amide bonds. The van der Waals surface area contributed by atoms with Gasteiger partial charge in [0.15, 0.2) is 0 Å². The fourth-order valence-electron chi connectivity index (χ4n) is 5.38. The number of carbonyl (C=O) groups excluding carboxylic acids is 1. The fourth-order valence-corrected chi connectivity index (χ4v) is 7.48. The molecule has 3 aromatic rings. The summed E-state index contributed by atoms with van der Waals surface area (Å²) in [5.41, 5.74) is 5.83. The lowest BCUT2D eigenvalue weighted by Crippen LogP contribution is -2.53. The number of H-pyrrole nitrogens is 1. The van der Waals surface area contributed by atoms with Crippen LogP contribution in [0.3, 0.4) is 0 Å². The van der Waals surface area contributed by atoms with Crippen LogP contribution in [0.15, 0.2) is 30.5 Å². The lowest BCUT2D eigenvalue weighted by molar-refractivity contribution is 0.143. The van der Waals surface area contributed by atoms with E-state index in [-0.39, 0.29) is 16.8 Å². The summed E-state index contributed by atoms with van der Waals surface area (Å²) in [6.45, 7) is 9.15. The number of aromatic nitrogens is 2. The summed E-state index contributed by atoms with van der Waals surface area (Å²) in [7, 11) is -1.14. The summed E-state index contributed by atoms with van der Waals surface area (Å²) in [4.78, 5) is 27.1. The van der Waals surface area contributed by atoms with Gasteiger partial charge in [-0.25, -0.2) is 18.2 Å².